The molecule has 5 nitrogen and oxygen atoms in total. The minimum atomic E-state index is 0.370. The molecule has 0 amide bonds. The fourth-order valence-electron chi connectivity index (χ4n) is 1.92. The molecule has 116 valence electrons. The normalized spacial score (nSPS) is 10.4. The molecule has 0 atom stereocenters. The van der Waals surface area contributed by atoms with Gasteiger partial charge in [-0.3, -0.25) is 0 Å². The van der Waals surface area contributed by atoms with Crippen molar-refractivity contribution in [1.82, 2.24) is 15.2 Å². The Hall–Kier alpha value is -2.18. The van der Waals surface area contributed by atoms with Crippen molar-refractivity contribution in [2.24, 2.45) is 0 Å². The Morgan fingerprint density at radius 1 is 1.09 bits per heavy atom. The molecule has 0 saturated heterocycles. The van der Waals surface area contributed by atoms with Gasteiger partial charge in [-0.15, -0.1) is 5.10 Å². The molecule has 2 aromatic carbocycles. The van der Waals surface area contributed by atoms with E-state index in [0.29, 0.717) is 16.8 Å². The highest BCUT2D eigenvalue weighted by molar-refractivity contribution is 9.10. The minimum absolute atomic E-state index is 0.370. The minimum Gasteiger partial charge on any atom is -0.339 e. The molecule has 0 radical (unpaired) electrons. The predicted octanol–water partition coefficient (Wildman–Crippen LogP) is 5.08. The Morgan fingerprint density at radius 2 is 1.91 bits per heavy atom. The summed E-state index contributed by atoms with van der Waals surface area (Å²) in [6, 6.07) is 13.4. The number of nitrogens with one attached hydrogen (secondary N) is 2. The zero-order chi connectivity index (χ0) is 16.2. The van der Waals surface area contributed by atoms with Gasteiger partial charge in [0.05, 0.1) is 16.9 Å². The highest BCUT2D eigenvalue weighted by Gasteiger charge is 2.05. The van der Waals surface area contributed by atoms with Crippen LogP contribution in [0.1, 0.15) is 5.56 Å². The van der Waals surface area contributed by atoms with Gasteiger partial charge in [-0.1, -0.05) is 45.7 Å². The van der Waals surface area contributed by atoms with Crippen LogP contribution in [0.2, 0.25) is 5.02 Å². The SMILES string of the molecule is Cc1ccc(Nc2cnnc(Nc3ccccc3Cl)n2)cc1Br. The van der Waals surface area contributed by atoms with Crippen molar-refractivity contribution in [3.05, 3.63) is 63.7 Å². The molecule has 1 heterocycles. The van der Waals surface area contributed by atoms with Crippen molar-refractivity contribution in [2.45, 2.75) is 6.92 Å². The number of hydrogen-bond acceptors (Lipinski definition) is 5. The Morgan fingerprint density at radius 3 is 2.70 bits per heavy atom. The van der Waals surface area contributed by atoms with Crippen molar-refractivity contribution in [2.75, 3.05) is 10.6 Å². The smallest absolute Gasteiger partial charge is 0.249 e. The van der Waals surface area contributed by atoms with Gasteiger partial charge in [0.25, 0.3) is 0 Å². The molecule has 7 heteroatoms. The molecular formula is C16H13BrClN5. The topological polar surface area (TPSA) is 62.7 Å². The standard InChI is InChI=1S/C16H13BrClN5/c1-10-6-7-11(8-12(10)17)20-15-9-19-23-16(22-15)21-14-5-3-2-4-13(14)18/h2-9H,1H3,(H2,20,21,22,23). The molecule has 3 aromatic rings. The third-order valence-corrected chi connectivity index (χ3v) is 4.31. The van der Waals surface area contributed by atoms with Gasteiger partial charge >= 0.3 is 0 Å². The highest BCUT2D eigenvalue weighted by atomic mass is 79.9. The van der Waals surface area contributed by atoms with Crippen LogP contribution in [0.4, 0.5) is 23.1 Å². The van der Waals surface area contributed by atoms with Crippen LogP contribution < -0.4 is 10.6 Å². The molecule has 3 rings (SSSR count). The number of hydrogen-bond donors (Lipinski definition) is 2. The lowest BCUT2D eigenvalue weighted by atomic mass is 10.2. The third kappa shape index (κ3) is 3.97. The van der Waals surface area contributed by atoms with E-state index in [1.54, 1.807) is 12.3 Å². The quantitative estimate of drug-likeness (QED) is 0.650. The van der Waals surface area contributed by atoms with Crippen LogP contribution in [-0.2, 0) is 0 Å². The summed E-state index contributed by atoms with van der Waals surface area (Å²) in [5.41, 5.74) is 2.80. The second-order valence-electron chi connectivity index (χ2n) is 4.86. The zero-order valence-electron chi connectivity index (χ0n) is 12.2. The summed E-state index contributed by atoms with van der Waals surface area (Å²) in [5, 5.41) is 14.8. The summed E-state index contributed by atoms with van der Waals surface area (Å²) in [7, 11) is 0. The monoisotopic (exact) mass is 389 g/mol. The van der Waals surface area contributed by atoms with E-state index in [-0.39, 0.29) is 0 Å². The fraction of sp³-hybridized carbons (Fsp3) is 0.0625. The average molecular weight is 391 g/mol. The summed E-state index contributed by atoms with van der Waals surface area (Å²) in [6.07, 6.45) is 1.56. The Labute approximate surface area is 147 Å². The number of halogens is 2. The summed E-state index contributed by atoms with van der Waals surface area (Å²) < 4.78 is 1.03. The lowest BCUT2D eigenvalue weighted by Gasteiger charge is -2.09. The molecule has 0 aliphatic heterocycles. The first-order valence-corrected chi connectivity index (χ1v) is 8.03. The van der Waals surface area contributed by atoms with Crippen molar-refractivity contribution >= 4 is 50.7 Å². The van der Waals surface area contributed by atoms with Crippen molar-refractivity contribution < 1.29 is 0 Å². The van der Waals surface area contributed by atoms with Crippen LogP contribution >= 0.6 is 27.5 Å². The van der Waals surface area contributed by atoms with E-state index in [0.717, 1.165) is 21.4 Å². The first-order chi connectivity index (χ1) is 11.1. The lowest BCUT2D eigenvalue weighted by molar-refractivity contribution is 0.982. The van der Waals surface area contributed by atoms with Crippen molar-refractivity contribution in [3.63, 3.8) is 0 Å². The van der Waals surface area contributed by atoms with Gasteiger partial charge in [0.1, 0.15) is 0 Å². The molecule has 1 aromatic heterocycles. The zero-order valence-corrected chi connectivity index (χ0v) is 14.6. The van der Waals surface area contributed by atoms with Crippen molar-refractivity contribution in [1.29, 1.82) is 0 Å². The van der Waals surface area contributed by atoms with E-state index < -0.39 is 0 Å². The Balaban J connectivity index is 1.79. The molecule has 0 saturated carbocycles. The van der Waals surface area contributed by atoms with Gasteiger partial charge in [0, 0.05) is 10.2 Å². The van der Waals surface area contributed by atoms with Gasteiger partial charge in [0.2, 0.25) is 5.95 Å². The molecule has 0 unspecified atom stereocenters. The van der Waals surface area contributed by atoms with E-state index in [1.807, 2.05) is 43.3 Å². The average Bonchev–Trinajstić information content (AvgIpc) is 2.54. The van der Waals surface area contributed by atoms with E-state index in [9.17, 15) is 0 Å². The largest absolute Gasteiger partial charge is 0.339 e. The number of benzene rings is 2. The van der Waals surface area contributed by atoms with Crippen molar-refractivity contribution in [3.8, 4) is 0 Å². The third-order valence-electron chi connectivity index (χ3n) is 3.12. The van der Waals surface area contributed by atoms with E-state index >= 15 is 0 Å². The molecular weight excluding hydrogens is 378 g/mol. The predicted molar refractivity (Wildman–Crippen MR) is 96.7 cm³/mol. The summed E-state index contributed by atoms with van der Waals surface area (Å²) in [4.78, 5) is 4.39. The van der Waals surface area contributed by atoms with Crippen LogP contribution in [-0.4, -0.2) is 15.2 Å². The van der Waals surface area contributed by atoms with Gasteiger partial charge < -0.3 is 10.6 Å². The molecule has 23 heavy (non-hydrogen) atoms. The molecule has 0 spiro atoms. The maximum atomic E-state index is 6.12. The van der Waals surface area contributed by atoms with E-state index in [2.05, 4.69) is 41.7 Å². The first kappa shape index (κ1) is 15.7. The Bertz CT molecular complexity index is 840. The fourth-order valence-corrected chi connectivity index (χ4v) is 2.48. The number of anilines is 4. The number of aryl methyl sites for hydroxylation is 1. The lowest BCUT2D eigenvalue weighted by Crippen LogP contribution is -2.02. The number of aromatic nitrogens is 3. The highest BCUT2D eigenvalue weighted by Crippen LogP contribution is 2.25. The van der Waals surface area contributed by atoms with Crippen LogP contribution in [0.15, 0.2) is 53.1 Å². The number of nitrogens with zero attached hydrogens (tertiary/aromatic N) is 3. The van der Waals surface area contributed by atoms with Crippen LogP contribution in [0.3, 0.4) is 0 Å². The van der Waals surface area contributed by atoms with Gasteiger partial charge in [-0.05, 0) is 36.8 Å². The van der Waals surface area contributed by atoms with Crippen LogP contribution in [0, 0.1) is 6.92 Å². The summed E-state index contributed by atoms with van der Waals surface area (Å²) >= 11 is 9.63. The van der Waals surface area contributed by atoms with Crippen LogP contribution in [0.25, 0.3) is 0 Å². The molecule has 0 aliphatic rings. The number of rotatable bonds is 4. The number of para-hydroxylation sites is 1. The Kier molecular flexibility index (Phi) is 4.73. The van der Waals surface area contributed by atoms with Gasteiger partial charge in [0.15, 0.2) is 5.82 Å². The first-order valence-electron chi connectivity index (χ1n) is 6.86. The second-order valence-corrected chi connectivity index (χ2v) is 6.12. The molecule has 0 bridgehead atoms. The van der Waals surface area contributed by atoms with E-state index in [1.165, 1.54) is 0 Å². The second kappa shape index (κ2) is 6.93. The van der Waals surface area contributed by atoms with Gasteiger partial charge in [-0.2, -0.15) is 10.1 Å². The van der Waals surface area contributed by atoms with Gasteiger partial charge in [-0.25, -0.2) is 0 Å². The maximum Gasteiger partial charge on any atom is 0.249 e. The molecule has 0 aliphatic carbocycles. The maximum absolute atomic E-state index is 6.12. The van der Waals surface area contributed by atoms with E-state index in [4.69, 9.17) is 11.6 Å². The summed E-state index contributed by atoms with van der Waals surface area (Å²) in [6.45, 7) is 2.03. The van der Waals surface area contributed by atoms with Crippen LogP contribution in [0.5, 0.6) is 0 Å². The molecule has 0 fully saturated rings. The summed E-state index contributed by atoms with van der Waals surface area (Å²) in [5.74, 6) is 0.958. The molecule has 2 N–H and O–H groups in total.